The van der Waals surface area contributed by atoms with Crippen LogP contribution in [0.5, 0.6) is 5.75 Å². The lowest BCUT2D eigenvalue weighted by atomic mass is 9.99. The van der Waals surface area contributed by atoms with Crippen molar-refractivity contribution in [2.24, 2.45) is 4.40 Å². The molecule has 0 atom stereocenters. The summed E-state index contributed by atoms with van der Waals surface area (Å²) in [6.07, 6.45) is 3.37. The number of esters is 1. The van der Waals surface area contributed by atoms with E-state index >= 15 is 8.78 Å². The Labute approximate surface area is 230 Å². The van der Waals surface area contributed by atoms with Crippen molar-refractivity contribution in [1.82, 2.24) is 4.98 Å². The standard InChI is InChI=1S/C29H28F2N2O6S/c1-5-37-24(34)15-18-8-6-7-9-23(18)39-17-20-14-19-11-13-38-28(19)25(26(20)30)21-10-12-32-22(27(21)31)16-33-40(35,36)29(2,3)4/h6-14,16H,5,15,17H2,1-4H3. The van der Waals surface area contributed by atoms with E-state index in [0.29, 0.717) is 16.7 Å². The maximum Gasteiger partial charge on any atom is 0.310 e. The molecule has 0 aliphatic heterocycles. The minimum Gasteiger partial charge on any atom is -0.488 e. The third-order valence-electron chi connectivity index (χ3n) is 6.02. The SMILES string of the molecule is CCOC(=O)Cc1ccccc1OCc1cc2ccoc2c(-c2ccnc(C=NS(=O)(=O)C(C)(C)C)c2F)c1F. The van der Waals surface area contributed by atoms with Crippen molar-refractivity contribution in [1.29, 1.82) is 0 Å². The van der Waals surface area contributed by atoms with Gasteiger partial charge in [0.2, 0.25) is 0 Å². The van der Waals surface area contributed by atoms with E-state index in [4.69, 9.17) is 13.9 Å². The van der Waals surface area contributed by atoms with E-state index in [0.717, 1.165) is 6.21 Å². The first-order valence-corrected chi connectivity index (χ1v) is 13.9. The molecule has 4 aromatic rings. The first kappa shape index (κ1) is 28.9. The maximum absolute atomic E-state index is 16.0. The van der Waals surface area contributed by atoms with E-state index < -0.39 is 32.4 Å². The van der Waals surface area contributed by atoms with Crippen molar-refractivity contribution in [2.75, 3.05) is 6.61 Å². The minimum atomic E-state index is -3.95. The number of nitrogens with zero attached hydrogens (tertiary/aromatic N) is 2. The molecule has 0 bridgehead atoms. The van der Waals surface area contributed by atoms with Gasteiger partial charge in [0.1, 0.15) is 29.5 Å². The highest BCUT2D eigenvalue weighted by Crippen LogP contribution is 2.36. The van der Waals surface area contributed by atoms with Gasteiger partial charge in [0.25, 0.3) is 10.0 Å². The van der Waals surface area contributed by atoms with Gasteiger partial charge in [-0.2, -0.15) is 4.40 Å². The molecule has 4 rings (SSSR count). The van der Waals surface area contributed by atoms with Gasteiger partial charge in [-0.15, -0.1) is 0 Å². The van der Waals surface area contributed by atoms with Crippen molar-refractivity contribution in [3.8, 4) is 16.9 Å². The Morgan fingerprint density at radius 1 is 1.10 bits per heavy atom. The van der Waals surface area contributed by atoms with Crippen LogP contribution >= 0.6 is 0 Å². The second kappa shape index (κ2) is 11.5. The Morgan fingerprint density at radius 3 is 2.58 bits per heavy atom. The average molecular weight is 571 g/mol. The monoisotopic (exact) mass is 570 g/mol. The van der Waals surface area contributed by atoms with Gasteiger partial charge >= 0.3 is 5.97 Å². The van der Waals surface area contributed by atoms with E-state index in [1.807, 2.05) is 0 Å². The third-order valence-corrected chi connectivity index (χ3v) is 7.95. The Hall–Kier alpha value is -4.12. The summed E-state index contributed by atoms with van der Waals surface area (Å²) >= 11 is 0. The zero-order chi connectivity index (χ0) is 29.1. The van der Waals surface area contributed by atoms with E-state index in [9.17, 15) is 13.2 Å². The molecule has 0 spiro atoms. The molecule has 210 valence electrons. The Balaban J connectivity index is 1.72. The molecule has 0 fully saturated rings. The third kappa shape index (κ3) is 6.04. The molecule has 0 aliphatic carbocycles. The number of para-hydroxylation sites is 1. The van der Waals surface area contributed by atoms with Crippen LogP contribution in [-0.2, 0) is 32.6 Å². The molecule has 2 heterocycles. The number of pyridine rings is 1. The summed E-state index contributed by atoms with van der Waals surface area (Å²) in [6, 6.07) is 11.2. The maximum atomic E-state index is 16.0. The second-order valence-corrected chi connectivity index (χ2v) is 12.2. The topological polar surface area (TPSA) is 108 Å². The number of carbonyl (C=O) groups excluding carboxylic acids is 1. The lowest BCUT2D eigenvalue weighted by molar-refractivity contribution is -0.142. The van der Waals surface area contributed by atoms with Crippen LogP contribution in [0.4, 0.5) is 8.78 Å². The normalized spacial score (nSPS) is 12.2. The van der Waals surface area contributed by atoms with Gasteiger partial charge in [-0.05, 0) is 52.0 Å². The van der Waals surface area contributed by atoms with E-state index in [1.165, 1.54) is 45.4 Å². The zero-order valence-electron chi connectivity index (χ0n) is 22.4. The van der Waals surface area contributed by atoms with Crippen LogP contribution in [0.1, 0.15) is 44.5 Å². The fourth-order valence-electron chi connectivity index (χ4n) is 3.83. The number of ether oxygens (including phenoxy) is 2. The summed E-state index contributed by atoms with van der Waals surface area (Å²) in [4.78, 5) is 15.9. The van der Waals surface area contributed by atoms with Crippen molar-refractivity contribution in [3.05, 3.63) is 83.4 Å². The summed E-state index contributed by atoms with van der Waals surface area (Å²) < 4.78 is 75.1. The molecule has 8 nitrogen and oxygen atoms in total. The second-order valence-electron chi connectivity index (χ2n) is 9.82. The van der Waals surface area contributed by atoms with Crippen LogP contribution in [0.2, 0.25) is 0 Å². The molecule has 0 aliphatic rings. The van der Waals surface area contributed by atoms with Gasteiger partial charge in [0, 0.05) is 28.3 Å². The molecule has 2 aromatic heterocycles. The van der Waals surface area contributed by atoms with Gasteiger partial charge in [0.05, 0.1) is 35.8 Å². The molecule has 2 aromatic carbocycles. The average Bonchev–Trinajstić information content (AvgIpc) is 3.35. The molecular weight excluding hydrogens is 542 g/mol. The van der Waals surface area contributed by atoms with Crippen molar-refractivity contribution >= 4 is 33.2 Å². The summed E-state index contributed by atoms with van der Waals surface area (Å²) in [5.74, 6) is -1.81. The predicted octanol–water partition coefficient (Wildman–Crippen LogP) is 6.00. The smallest absolute Gasteiger partial charge is 0.310 e. The summed E-state index contributed by atoms with van der Waals surface area (Å²) in [5.41, 5.74) is 0.0378. The van der Waals surface area contributed by atoms with Gasteiger partial charge in [0.15, 0.2) is 5.82 Å². The highest BCUT2D eigenvalue weighted by Gasteiger charge is 2.28. The van der Waals surface area contributed by atoms with Crippen LogP contribution < -0.4 is 4.74 Å². The predicted molar refractivity (Wildman–Crippen MR) is 147 cm³/mol. The Kier molecular flexibility index (Phi) is 8.34. The quantitative estimate of drug-likeness (QED) is 0.179. The Bertz CT molecular complexity index is 1690. The molecule has 0 saturated heterocycles. The number of rotatable bonds is 9. The van der Waals surface area contributed by atoms with Crippen molar-refractivity contribution in [2.45, 2.75) is 45.5 Å². The zero-order valence-corrected chi connectivity index (χ0v) is 23.2. The molecule has 0 unspecified atom stereocenters. The van der Waals surface area contributed by atoms with Gasteiger partial charge < -0.3 is 13.9 Å². The fourth-order valence-corrected chi connectivity index (χ4v) is 4.38. The number of fused-ring (bicyclic) bond motifs is 1. The van der Waals surface area contributed by atoms with Crippen LogP contribution in [0.3, 0.4) is 0 Å². The lowest BCUT2D eigenvalue weighted by Gasteiger charge is -2.15. The number of halogens is 2. The number of sulfonamides is 1. The van der Waals surface area contributed by atoms with E-state index in [2.05, 4.69) is 9.38 Å². The van der Waals surface area contributed by atoms with Crippen LogP contribution in [-0.4, -0.2) is 36.9 Å². The Morgan fingerprint density at radius 2 is 1.85 bits per heavy atom. The largest absolute Gasteiger partial charge is 0.488 e. The fraction of sp³-hybridized carbons (Fsp3) is 0.276. The number of hydrogen-bond donors (Lipinski definition) is 0. The number of hydrogen-bond acceptors (Lipinski definition) is 7. The lowest BCUT2D eigenvalue weighted by Crippen LogP contribution is -2.25. The van der Waals surface area contributed by atoms with Crippen LogP contribution in [0, 0.1) is 11.6 Å². The molecular formula is C29H28F2N2O6S. The summed E-state index contributed by atoms with van der Waals surface area (Å²) in [7, 11) is -3.95. The van der Waals surface area contributed by atoms with Gasteiger partial charge in [-0.1, -0.05) is 18.2 Å². The highest BCUT2D eigenvalue weighted by atomic mass is 32.2. The van der Waals surface area contributed by atoms with Crippen molar-refractivity contribution < 1.29 is 35.9 Å². The van der Waals surface area contributed by atoms with Gasteiger partial charge in [-0.25, -0.2) is 17.2 Å². The van der Waals surface area contributed by atoms with Crippen LogP contribution in [0.15, 0.2) is 63.7 Å². The van der Waals surface area contributed by atoms with Gasteiger partial charge in [-0.3, -0.25) is 9.78 Å². The molecule has 40 heavy (non-hydrogen) atoms. The summed E-state index contributed by atoms with van der Waals surface area (Å²) in [6.45, 7) is 6.11. The van der Waals surface area contributed by atoms with Crippen LogP contribution in [0.25, 0.3) is 22.1 Å². The molecule has 0 N–H and O–H groups in total. The molecule has 0 amide bonds. The number of benzene rings is 2. The van der Waals surface area contributed by atoms with E-state index in [-0.39, 0.29) is 47.6 Å². The number of carbonyl (C=O) groups is 1. The minimum absolute atomic E-state index is 0.0179. The number of aromatic nitrogens is 1. The molecule has 11 heteroatoms. The van der Waals surface area contributed by atoms with Crippen molar-refractivity contribution in [3.63, 3.8) is 0 Å². The first-order chi connectivity index (χ1) is 18.9. The highest BCUT2D eigenvalue weighted by molar-refractivity contribution is 7.91. The number of furan rings is 1. The first-order valence-electron chi connectivity index (χ1n) is 12.4. The van der Waals surface area contributed by atoms with E-state index in [1.54, 1.807) is 37.3 Å². The molecule has 0 saturated carbocycles. The summed E-state index contributed by atoms with van der Waals surface area (Å²) in [5, 5.41) is 0.497. The molecule has 0 radical (unpaired) electrons.